The maximum atomic E-state index is 12.9. The summed E-state index contributed by atoms with van der Waals surface area (Å²) in [7, 11) is 0. The van der Waals surface area contributed by atoms with Crippen LogP contribution in [0.2, 0.25) is 0 Å². The van der Waals surface area contributed by atoms with Crippen molar-refractivity contribution in [2.24, 2.45) is 0 Å². The number of hydrogen-bond acceptors (Lipinski definition) is 0. The molecule has 2 rings (SSSR count). The summed E-state index contributed by atoms with van der Waals surface area (Å²) in [4.78, 5) is 0. The predicted octanol–water partition coefficient (Wildman–Crippen LogP) is 3.16. The van der Waals surface area contributed by atoms with Crippen molar-refractivity contribution in [2.45, 2.75) is 0 Å². The van der Waals surface area contributed by atoms with Crippen LogP contribution in [0.4, 0.5) is 8.78 Å². The van der Waals surface area contributed by atoms with Gasteiger partial charge in [0.15, 0.2) is 11.6 Å². The molecule has 0 amide bonds. The Morgan fingerprint density at radius 2 is 1.50 bits per heavy atom. The maximum Gasteiger partial charge on any atom is 0.160 e. The molecule has 0 unspecified atom stereocenters. The molecule has 0 atom stereocenters. The van der Waals surface area contributed by atoms with Crippen molar-refractivity contribution in [1.82, 2.24) is 0 Å². The third kappa shape index (κ3) is 2.46. The van der Waals surface area contributed by atoms with E-state index in [1.165, 1.54) is 6.07 Å². The van der Waals surface area contributed by atoms with Gasteiger partial charge in [0, 0.05) is 11.1 Å². The van der Waals surface area contributed by atoms with Crippen LogP contribution in [0.5, 0.6) is 0 Å². The van der Waals surface area contributed by atoms with Gasteiger partial charge in [-0.25, -0.2) is 8.78 Å². The SMILES string of the molecule is Fc1ccc(C#Cc2cc[c]cc2)cc1F. The van der Waals surface area contributed by atoms with Gasteiger partial charge in [-0.2, -0.15) is 0 Å². The van der Waals surface area contributed by atoms with Crippen LogP contribution in [-0.4, -0.2) is 0 Å². The molecule has 0 aliphatic carbocycles. The standard InChI is InChI=1S/C14H7F2/c15-13-9-8-12(10-14(13)16)7-6-11-4-2-1-3-5-11/h2-5,8-10H. The molecule has 0 saturated heterocycles. The van der Waals surface area contributed by atoms with Crippen molar-refractivity contribution in [3.8, 4) is 11.8 Å². The maximum absolute atomic E-state index is 12.9. The summed E-state index contributed by atoms with van der Waals surface area (Å²) >= 11 is 0. The van der Waals surface area contributed by atoms with Crippen LogP contribution in [0.3, 0.4) is 0 Å². The van der Waals surface area contributed by atoms with Gasteiger partial charge in [0.05, 0.1) is 0 Å². The van der Waals surface area contributed by atoms with E-state index < -0.39 is 11.6 Å². The highest BCUT2D eigenvalue weighted by molar-refractivity contribution is 5.42. The van der Waals surface area contributed by atoms with E-state index in [1.54, 1.807) is 24.3 Å². The minimum absolute atomic E-state index is 0.451. The fraction of sp³-hybridized carbons (Fsp3) is 0. The minimum atomic E-state index is -0.881. The Balaban J connectivity index is 2.28. The summed E-state index contributed by atoms with van der Waals surface area (Å²) in [6.07, 6.45) is 0. The van der Waals surface area contributed by atoms with Crippen molar-refractivity contribution < 1.29 is 8.78 Å². The predicted molar refractivity (Wildman–Crippen MR) is 57.6 cm³/mol. The monoisotopic (exact) mass is 213 g/mol. The van der Waals surface area contributed by atoms with Gasteiger partial charge in [-0.1, -0.05) is 24.0 Å². The third-order valence-corrected chi connectivity index (χ3v) is 1.99. The highest BCUT2D eigenvalue weighted by Crippen LogP contribution is 2.07. The Morgan fingerprint density at radius 1 is 0.812 bits per heavy atom. The zero-order chi connectivity index (χ0) is 11.4. The zero-order valence-corrected chi connectivity index (χ0v) is 8.30. The first-order chi connectivity index (χ1) is 7.75. The molecule has 0 aromatic heterocycles. The van der Waals surface area contributed by atoms with Gasteiger partial charge in [-0.15, -0.1) is 0 Å². The summed E-state index contributed by atoms with van der Waals surface area (Å²) in [6.45, 7) is 0. The molecule has 77 valence electrons. The van der Waals surface area contributed by atoms with Crippen molar-refractivity contribution in [2.75, 3.05) is 0 Å². The van der Waals surface area contributed by atoms with Crippen LogP contribution in [-0.2, 0) is 0 Å². The lowest BCUT2D eigenvalue weighted by molar-refractivity contribution is 0.508. The van der Waals surface area contributed by atoms with E-state index in [4.69, 9.17) is 0 Å². The molecule has 2 aromatic rings. The van der Waals surface area contributed by atoms with Crippen LogP contribution in [0.15, 0.2) is 42.5 Å². The number of benzene rings is 2. The number of hydrogen-bond donors (Lipinski definition) is 0. The molecule has 0 heterocycles. The Labute approximate surface area is 92.5 Å². The molecular formula is C14H7F2. The fourth-order valence-corrected chi connectivity index (χ4v) is 1.19. The molecule has 2 aromatic carbocycles. The van der Waals surface area contributed by atoms with Crippen LogP contribution in [0.1, 0.15) is 11.1 Å². The molecule has 0 aliphatic rings. The van der Waals surface area contributed by atoms with Crippen molar-refractivity contribution in [3.05, 3.63) is 71.3 Å². The molecule has 2 heteroatoms. The van der Waals surface area contributed by atoms with Crippen molar-refractivity contribution in [1.29, 1.82) is 0 Å². The first kappa shape index (κ1) is 10.4. The van der Waals surface area contributed by atoms with Crippen LogP contribution >= 0.6 is 0 Å². The van der Waals surface area contributed by atoms with Gasteiger partial charge >= 0.3 is 0 Å². The van der Waals surface area contributed by atoms with Gasteiger partial charge in [0.2, 0.25) is 0 Å². The Hall–Kier alpha value is -2.14. The second-order valence-corrected chi connectivity index (χ2v) is 3.17. The second kappa shape index (κ2) is 4.59. The molecule has 1 radical (unpaired) electrons. The van der Waals surface area contributed by atoms with E-state index in [0.717, 1.165) is 17.7 Å². The second-order valence-electron chi connectivity index (χ2n) is 3.17. The molecule has 16 heavy (non-hydrogen) atoms. The van der Waals surface area contributed by atoms with E-state index in [0.29, 0.717) is 5.56 Å². The van der Waals surface area contributed by atoms with Crippen LogP contribution < -0.4 is 0 Å². The number of halogens is 2. The van der Waals surface area contributed by atoms with E-state index >= 15 is 0 Å². The lowest BCUT2D eigenvalue weighted by Gasteiger charge is -1.92. The Bertz CT molecular complexity index is 548. The van der Waals surface area contributed by atoms with Gasteiger partial charge < -0.3 is 0 Å². The van der Waals surface area contributed by atoms with Crippen molar-refractivity contribution >= 4 is 0 Å². The van der Waals surface area contributed by atoms with E-state index in [2.05, 4.69) is 17.9 Å². The molecule has 0 aliphatic heterocycles. The summed E-state index contributed by atoms with van der Waals surface area (Å²) in [5.74, 6) is 3.86. The summed E-state index contributed by atoms with van der Waals surface area (Å²) in [5, 5.41) is 0. The average Bonchev–Trinajstić information content (AvgIpc) is 2.32. The van der Waals surface area contributed by atoms with E-state index in [1.807, 2.05) is 0 Å². The van der Waals surface area contributed by atoms with Crippen LogP contribution in [0.25, 0.3) is 0 Å². The normalized spacial score (nSPS) is 9.38. The average molecular weight is 213 g/mol. The molecule has 0 saturated carbocycles. The summed E-state index contributed by atoms with van der Waals surface area (Å²) < 4.78 is 25.5. The van der Waals surface area contributed by atoms with Gasteiger partial charge in [-0.3, -0.25) is 0 Å². The molecule has 0 nitrogen and oxygen atoms in total. The third-order valence-electron chi connectivity index (χ3n) is 1.99. The number of rotatable bonds is 0. The first-order valence-electron chi connectivity index (χ1n) is 4.69. The lowest BCUT2D eigenvalue weighted by Crippen LogP contribution is -1.84. The van der Waals surface area contributed by atoms with Gasteiger partial charge in [-0.05, 0) is 36.4 Å². The van der Waals surface area contributed by atoms with Crippen molar-refractivity contribution in [3.63, 3.8) is 0 Å². The quantitative estimate of drug-likeness (QED) is 0.590. The topological polar surface area (TPSA) is 0 Å². The minimum Gasteiger partial charge on any atom is -0.204 e. The fourth-order valence-electron chi connectivity index (χ4n) is 1.19. The van der Waals surface area contributed by atoms with E-state index in [9.17, 15) is 8.78 Å². The zero-order valence-electron chi connectivity index (χ0n) is 8.30. The smallest absolute Gasteiger partial charge is 0.160 e. The lowest BCUT2D eigenvalue weighted by atomic mass is 10.2. The molecule has 0 N–H and O–H groups in total. The highest BCUT2D eigenvalue weighted by Gasteiger charge is 1.99. The summed E-state index contributed by atoms with van der Waals surface area (Å²) in [6, 6.07) is 13.6. The Kier molecular flexibility index (Phi) is 2.98. The largest absolute Gasteiger partial charge is 0.204 e. The van der Waals surface area contributed by atoms with Crippen LogP contribution in [0, 0.1) is 29.5 Å². The molecule has 0 bridgehead atoms. The van der Waals surface area contributed by atoms with Gasteiger partial charge in [0.25, 0.3) is 0 Å². The molecule has 0 fully saturated rings. The Morgan fingerprint density at radius 3 is 2.19 bits per heavy atom. The first-order valence-corrected chi connectivity index (χ1v) is 4.69. The highest BCUT2D eigenvalue weighted by atomic mass is 19.2. The van der Waals surface area contributed by atoms with Gasteiger partial charge in [0.1, 0.15) is 0 Å². The molecular weight excluding hydrogens is 206 g/mol. The van der Waals surface area contributed by atoms with E-state index in [-0.39, 0.29) is 0 Å². The molecule has 0 spiro atoms. The summed E-state index contributed by atoms with van der Waals surface area (Å²) in [5.41, 5.74) is 1.26.